The Morgan fingerprint density at radius 2 is 1.49 bits per heavy atom. The third-order valence-corrected chi connectivity index (χ3v) is 7.14. The van der Waals surface area contributed by atoms with E-state index in [0.29, 0.717) is 6.54 Å². The van der Waals surface area contributed by atoms with Crippen molar-refractivity contribution in [1.82, 2.24) is 40.8 Å². The molecule has 0 aliphatic carbocycles. The SMILES string of the molecule is CC(NCCN(CCNCc1ccccn1)Cc1ccc(CNCc2nc3ccccc3[nH]2)cc1)c1ccccn1. The van der Waals surface area contributed by atoms with E-state index in [2.05, 4.69) is 90.2 Å². The number of nitrogens with one attached hydrogen (secondary N) is 4. The number of rotatable bonds is 16. The van der Waals surface area contributed by atoms with E-state index in [1.54, 1.807) is 0 Å². The molecule has 2 aromatic carbocycles. The molecule has 3 heterocycles. The Kier molecular flexibility index (Phi) is 10.6. The molecule has 0 spiro atoms. The zero-order valence-corrected chi connectivity index (χ0v) is 23.8. The van der Waals surface area contributed by atoms with Crippen LogP contribution in [0, 0.1) is 0 Å². The minimum atomic E-state index is 0.215. The van der Waals surface area contributed by atoms with Gasteiger partial charge in [-0.15, -0.1) is 0 Å². The number of hydrogen-bond donors (Lipinski definition) is 4. The van der Waals surface area contributed by atoms with E-state index in [9.17, 15) is 0 Å². The second-order valence-corrected chi connectivity index (χ2v) is 10.3. The summed E-state index contributed by atoms with van der Waals surface area (Å²) in [6.07, 6.45) is 3.70. The molecule has 0 radical (unpaired) electrons. The van der Waals surface area contributed by atoms with Gasteiger partial charge in [-0.3, -0.25) is 14.9 Å². The Morgan fingerprint density at radius 3 is 2.27 bits per heavy atom. The van der Waals surface area contributed by atoms with Crippen molar-refractivity contribution in [2.24, 2.45) is 0 Å². The smallest absolute Gasteiger partial charge is 0.121 e. The van der Waals surface area contributed by atoms with E-state index < -0.39 is 0 Å². The first kappa shape index (κ1) is 28.6. The normalized spacial score (nSPS) is 12.2. The van der Waals surface area contributed by atoms with Crippen molar-refractivity contribution in [2.75, 3.05) is 26.2 Å². The van der Waals surface area contributed by atoms with Crippen LogP contribution in [0.2, 0.25) is 0 Å². The molecule has 0 amide bonds. The molecular weight excluding hydrogens is 508 g/mol. The predicted molar refractivity (Wildman–Crippen MR) is 165 cm³/mol. The summed E-state index contributed by atoms with van der Waals surface area (Å²) in [5.41, 5.74) is 6.79. The van der Waals surface area contributed by atoms with Gasteiger partial charge < -0.3 is 20.9 Å². The van der Waals surface area contributed by atoms with Crippen molar-refractivity contribution in [2.45, 2.75) is 39.1 Å². The van der Waals surface area contributed by atoms with E-state index in [1.165, 1.54) is 11.1 Å². The molecule has 0 bridgehead atoms. The maximum Gasteiger partial charge on any atom is 0.121 e. The fraction of sp³-hybridized carbons (Fsp3) is 0.303. The monoisotopic (exact) mass is 548 g/mol. The Hall–Kier alpha value is -3.95. The van der Waals surface area contributed by atoms with Crippen molar-refractivity contribution in [3.05, 3.63) is 126 Å². The summed E-state index contributed by atoms with van der Waals surface area (Å²) in [6.45, 7) is 9.04. The van der Waals surface area contributed by atoms with Gasteiger partial charge in [0.1, 0.15) is 5.82 Å². The van der Waals surface area contributed by atoms with Gasteiger partial charge in [0.25, 0.3) is 0 Å². The molecule has 5 rings (SSSR count). The summed E-state index contributed by atoms with van der Waals surface area (Å²) in [6, 6.07) is 29.4. The van der Waals surface area contributed by atoms with E-state index in [4.69, 9.17) is 0 Å². The third kappa shape index (κ3) is 9.03. The number of imidazole rings is 1. The highest BCUT2D eigenvalue weighted by Crippen LogP contribution is 2.12. The summed E-state index contributed by atoms with van der Waals surface area (Å²) in [7, 11) is 0. The zero-order chi connectivity index (χ0) is 28.1. The lowest BCUT2D eigenvalue weighted by molar-refractivity contribution is 0.260. The standard InChI is InChI=1S/C33H40N8/c1-26(30-9-5-7-17-38-30)36-19-21-41(20-18-34-23-29-8-4-6-16-37-29)25-28-14-12-27(13-15-28)22-35-24-33-39-31-10-2-3-11-32(31)40-33/h2-17,26,34-36H,18-25H2,1H3,(H,39,40). The summed E-state index contributed by atoms with van der Waals surface area (Å²) in [5.74, 6) is 0.959. The van der Waals surface area contributed by atoms with Gasteiger partial charge >= 0.3 is 0 Å². The molecule has 1 unspecified atom stereocenters. The summed E-state index contributed by atoms with van der Waals surface area (Å²) in [4.78, 5) is 19.4. The van der Waals surface area contributed by atoms with Crippen LogP contribution in [0.15, 0.2) is 97.3 Å². The lowest BCUT2D eigenvalue weighted by Crippen LogP contribution is -2.37. The van der Waals surface area contributed by atoms with Gasteiger partial charge in [0.15, 0.2) is 0 Å². The maximum atomic E-state index is 4.65. The molecule has 0 saturated carbocycles. The first-order valence-corrected chi connectivity index (χ1v) is 14.4. The topological polar surface area (TPSA) is 93.8 Å². The van der Waals surface area contributed by atoms with Gasteiger partial charge in [-0.1, -0.05) is 48.5 Å². The largest absolute Gasteiger partial charge is 0.341 e. The Morgan fingerprint density at radius 1 is 0.732 bits per heavy atom. The molecule has 3 aromatic heterocycles. The van der Waals surface area contributed by atoms with Crippen LogP contribution in [0.25, 0.3) is 11.0 Å². The van der Waals surface area contributed by atoms with Crippen molar-refractivity contribution >= 4 is 11.0 Å². The predicted octanol–water partition coefficient (Wildman–Crippen LogP) is 4.59. The zero-order valence-electron chi connectivity index (χ0n) is 23.8. The van der Waals surface area contributed by atoms with Crippen molar-refractivity contribution < 1.29 is 0 Å². The maximum absolute atomic E-state index is 4.65. The molecule has 0 aliphatic rings. The molecule has 4 N–H and O–H groups in total. The van der Waals surface area contributed by atoms with Crippen LogP contribution in [0.3, 0.4) is 0 Å². The van der Waals surface area contributed by atoms with Gasteiger partial charge in [0.2, 0.25) is 0 Å². The van der Waals surface area contributed by atoms with Crippen molar-refractivity contribution in [3.63, 3.8) is 0 Å². The minimum Gasteiger partial charge on any atom is -0.341 e. The molecule has 8 heteroatoms. The van der Waals surface area contributed by atoms with E-state index in [0.717, 1.165) is 74.1 Å². The van der Waals surface area contributed by atoms with Crippen LogP contribution in [-0.4, -0.2) is 51.0 Å². The number of benzene rings is 2. The Labute approximate surface area is 242 Å². The molecule has 0 aliphatic heterocycles. The van der Waals surface area contributed by atoms with Gasteiger partial charge in [0.05, 0.1) is 29.0 Å². The van der Waals surface area contributed by atoms with Crippen LogP contribution in [0.4, 0.5) is 0 Å². The number of H-pyrrole nitrogens is 1. The van der Waals surface area contributed by atoms with Crippen molar-refractivity contribution in [3.8, 4) is 0 Å². The van der Waals surface area contributed by atoms with E-state index >= 15 is 0 Å². The molecule has 5 aromatic rings. The number of fused-ring (bicyclic) bond motifs is 1. The highest BCUT2D eigenvalue weighted by Gasteiger charge is 2.10. The highest BCUT2D eigenvalue weighted by atomic mass is 15.2. The number of para-hydroxylation sites is 2. The summed E-state index contributed by atoms with van der Waals surface area (Å²) < 4.78 is 0. The summed E-state index contributed by atoms with van der Waals surface area (Å²) >= 11 is 0. The first-order chi connectivity index (χ1) is 20.2. The third-order valence-electron chi connectivity index (χ3n) is 7.14. The van der Waals surface area contributed by atoms with Gasteiger partial charge in [-0.05, 0) is 54.4 Å². The number of pyridine rings is 2. The molecule has 1 atom stereocenters. The number of nitrogens with zero attached hydrogens (tertiary/aromatic N) is 4. The van der Waals surface area contributed by atoms with Crippen LogP contribution in [-0.2, 0) is 26.2 Å². The average molecular weight is 549 g/mol. The van der Waals surface area contributed by atoms with E-state index in [-0.39, 0.29) is 6.04 Å². The fourth-order valence-electron chi connectivity index (χ4n) is 4.84. The highest BCUT2D eigenvalue weighted by molar-refractivity contribution is 5.74. The number of aromatic nitrogens is 4. The minimum absolute atomic E-state index is 0.215. The molecule has 212 valence electrons. The molecule has 8 nitrogen and oxygen atoms in total. The first-order valence-electron chi connectivity index (χ1n) is 14.4. The summed E-state index contributed by atoms with van der Waals surface area (Å²) in [5, 5.41) is 10.7. The van der Waals surface area contributed by atoms with E-state index in [1.807, 2.05) is 54.9 Å². The second kappa shape index (κ2) is 15.2. The lowest BCUT2D eigenvalue weighted by Gasteiger charge is -2.24. The van der Waals surface area contributed by atoms with Crippen LogP contribution < -0.4 is 16.0 Å². The molecule has 41 heavy (non-hydrogen) atoms. The van der Waals surface area contributed by atoms with Crippen molar-refractivity contribution in [1.29, 1.82) is 0 Å². The average Bonchev–Trinajstić information content (AvgIpc) is 3.44. The van der Waals surface area contributed by atoms with Crippen LogP contribution >= 0.6 is 0 Å². The molecule has 0 saturated heterocycles. The molecular formula is C33H40N8. The van der Waals surface area contributed by atoms with Crippen LogP contribution in [0.1, 0.15) is 41.3 Å². The van der Waals surface area contributed by atoms with Gasteiger partial charge in [-0.25, -0.2) is 4.98 Å². The quantitative estimate of drug-likeness (QED) is 0.134. The van der Waals surface area contributed by atoms with Gasteiger partial charge in [0, 0.05) is 64.2 Å². The number of aromatic amines is 1. The van der Waals surface area contributed by atoms with Crippen LogP contribution in [0.5, 0.6) is 0 Å². The Balaban J connectivity index is 1.10. The fourth-order valence-corrected chi connectivity index (χ4v) is 4.84. The van der Waals surface area contributed by atoms with Gasteiger partial charge in [-0.2, -0.15) is 0 Å². The Bertz CT molecular complexity index is 1400. The lowest BCUT2D eigenvalue weighted by atomic mass is 10.1. The molecule has 0 fully saturated rings. The number of hydrogen-bond acceptors (Lipinski definition) is 7. The second-order valence-electron chi connectivity index (χ2n) is 10.3.